The molecule has 0 aliphatic carbocycles. The summed E-state index contributed by atoms with van der Waals surface area (Å²) in [6.07, 6.45) is 4.94. The first-order valence-electron chi connectivity index (χ1n) is 13.9. The van der Waals surface area contributed by atoms with Crippen LogP contribution in [0.5, 0.6) is 0 Å². The van der Waals surface area contributed by atoms with Crippen LogP contribution < -0.4 is 4.90 Å². The molecule has 4 aliphatic heterocycles. The molecule has 6 rings (SSSR count). The van der Waals surface area contributed by atoms with E-state index in [1.807, 2.05) is 4.31 Å². The highest BCUT2D eigenvalue weighted by molar-refractivity contribution is 7.89. The number of sulfonamides is 1. The number of para-hydroxylation sites is 1. The highest BCUT2D eigenvalue weighted by atomic mass is 32.2. The van der Waals surface area contributed by atoms with E-state index in [2.05, 4.69) is 69.3 Å². The van der Waals surface area contributed by atoms with Gasteiger partial charge in [-0.1, -0.05) is 42.5 Å². The van der Waals surface area contributed by atoms with E-state index >= 15 is 0 Å². The van der Waals surface area contributed by atoms with Gasteiger partial charge in [0.2, 0.25) is 10.0 Å². The third kappa shape index (κ3) is 4.95. The number of fused-ring (bicyclic) bond motifs is 4. The third-order valence-electron chi connectivity index (χ3n) is 9.05. The monoisotopic (exact) mass is 508 g/mol. The molecule has 36 heavy (non-hydrogen) atoms. The molecule has 0 amide bonds. The van der Waals surface area contributed by atoms with E-state index < -0.39 is 10.0 Å². The van der Waals surface area contributed by atoms with E-state index in [1.54, 1.807) is 0 Å². The molecule has 0 radical (unpaired) electrons. The maximum absolute atomic E-state index is 13.6. The summed E-state index contributed by atoms with van der Waals surface area (Å²) in [5.41, 5.74) is 4.17. The van der Waals surface area contributed by atoms with Crippen LogP contribution in [0, 0.1) is 5.92 Å². The summed E-state index contributed by atoms with van der Waals surface area (Å²) in [6, 6.07) is 19.9. The van der Waals surface area contributed by atoms with Crippen LogP contribution in [0.4, 0.5) is 5.69 Å². The summed E-state index contributed by atoms with van der Waals surface area (Å²) in [5, 5.41) is 0. The van der Waals surface area contributed by atoms with Gasteiger partial charge in [0.05, 0.1) is 5.75 Å². The molecule has 7 heteroatoms. The summed E-state index contributed by atoms with van der Waals surface area (Å²) >= 11 is 0. The van der Waals surface area contributed by atoms with Crippen molar-refractivity contribution < 1.29 is 8.42 Å². The zero-order valence-electron chi connectivity index (χ0n) is 21.3. The minimum atomic E-state index is -3.25. The van der Waals surface area contributed by atoms with Crippen LogP contribution in [0.2, 0.25) is 0 Å². The average Bonchev–Trinajstić information content (AvgIpc) is 2.92. The molecule has 0 saturated carbocycles. The molecule has 194 valence electrons. The Hall–Kier alpha value is -1.93. The molecule has 3 fully saturated rings. The quantitative estimate of drug-likeness (QED) is 0.597. The fourth-order valence-corrected chi connectivity index (χ4v) is 8.96. The second-order valence-electron chi connectivity index (χ2n) is 11.1. The largest absolute Gasteiger partial charge is 0.369 e. The number of piperazine rings is 1. The Morgan fingerprint density at radius 1 is 0.861 bits per heavy atom. The van der Waals surface area contributed by atoms with Crippen LogP contribution in [0.3, 0.4) is 0 Å². The average molecular weight is 509 g/mol. The summed E-state index contributed by atoms with van der Waals surface area (Å²) in [6.45, 7) is 7.73. The maximum atomic E-state index is 13.6. The van der Waals surface area contributed by atoms with Gasteiger partial charge in [0.1, 0.15) is 0 Å². The van der Waals surface area contributed by atoms with Gasteiger partial charge >= 0.3 is 0 Å². The lowest BCUT2D eigenvalue weighted by molar-refractivity contribution is 0.0220. The van der Waals surface area contributed by atoms with Crippen LogP contribution in [0.1, 0.15) is 42.9 Å². The van der Waals surface area contributed by atoms with Crippen LogP contribution in [-0.4, -0.2) is 86.7 Å². The SMILES string of the molecule is O=S(=O)(CCCN1CCN(c2ccccc2)CC1)N1CCC[C@@H]2CN3CCc4ccccc4[C@@H]3C[C@@H]21. The van der Waals surface area contributed by atoms with E-state index in [1.165, 1.54) is 16.8 Å². The first-order valence-corrected chi connectivity index (χ1v) is 15.5. The normalized spacial score (nSPS) is 27.8. The molecule has 0 N–H and O–H groups in total. The van der Waals surface area contributed by atoms with Crippen molar-refractivity contribution >= 4 is 15.7 Å². The van der Waals surface area contributed by atoms with Crippen molar-refractivity contribution in [1.29, 1.82) is 0 Å². The van der Waals surface area contributed by atoms with Crippen molar-refractivity contribution in [1.82, 2.24) is 14.1 Å². The van der Waals surface area contributed by atoms with Crippen molar-refractivity contribution in [2.75, 3.05) is 63.0 Å². The van der Waals surface area contributed by atoms with Gasteiger partial charge in [0.15, 0.2) is 0 Å². The lowest BCUT2D eigenvalue weighted by Gasteiger charge is -2.51. The van der Waals surface area contributed by atoms with Gasteiger partial charge in [-0.25, -0.2) is 8.42 Å². The minimum absolute atomic E-state index is 0.158. The van der Waals surface area contributed by atoms with Gasteiger partial charge in [-0.2, -0.15) is 4.31 Å². The van der Waals surface area contributed by atoms with Crippen molar-refractivity contribution in [2.45, 2.75) is 44.2 Å². The number of anilines is 1. The highest BCUT2D eigenvalue weighted by Crippen LogP contribution is 2.43. The van der Waals surface area contributed by atoms with Crippen LogP contribution in [0.15, 0.2) is 54.6 Å². The van der Waals surface area contributed by atoms with Gasteiger partial charge < -0.3 is 4.90 Å². The first kappa shape index (κ1) is 24.4. The van der Waals surface area contributed by atoms with Gasteiger partial charge in [0, 0.05) is 63.6 Å². The summed E-state index contributed by atoms with van der Waals surface area (Å²) in [5.74, 6) is 0.751. The molecule has 0 unspecified atom stereocenters. The molecule has 0 spiro atoms. The lowest BCUT2D eigenvalue weighted by Crippen LogP contribution is -2.57. The second-order valence-corrected chi connectivity index (χ2v) is 13.2. The molecular formula is C29H40N4O2S. The molecule has 0 aromatic heterocycles. The Bertz CT molecular complexity index is 1130. The summed E-state index contributed by atoms with van der Waals surface area (Å²) < 4.78 is 29.2. The molecule has 4 aliphatic rings. The van der Waals surface area contributed by atoms with Crippen molar-refractivity contribution in [3.05, 3.63) is 65.7 Å². The smallest absolute Gasteiger partial charge is 0.214 e. The number of hydrogen-bond donors (Lipinski definition) is 0. The molecule has 2 aromatic carbocycles. The van der Waals surface area contributed by atoms with Crippen molar-refractivity contribution in [3.8, 4) is 0 Å². The first-order chi connectivity index (χ1) is 17.6. The Kier molecular flexibility index (Phi) is 7.08. The van der Waals surface area contributed by atoms with E-state index in [0.29, 0.717) is 18.5 Å². The zero-order chi connectivity index (χ0) is 24.5. The predicted octanol–water partition coefficient (Wildman–Crippen LogP) is 3.61. The van der Waals surface area contributed by atoms with Crippen molar-refractivity contribution in [3.63, 3.8) is 0 Å². The molecule has 3 atom stereocenters. The van der Waals surface area contributed by atoms with Crippen LogP contribution in [0.25, 0.3) is 0 Å². The number of rotatable bonds is 6. The standard InChI is InChI=1S/C29H40N4O2S/c34-36(35,21-7-14-30-17-19-31(20-18-30)26-10-2-1-3-11-26)33-15-6-9-25-23-32-16-13-24-8-4-5-12-27(24)29(32)22-28(25)33/h1-5,8,10-12,25,28-29H,6-7,9,13-23H2/t25-,28+,29+/m1/s1. The zero-order valence-corrected chi connectivity index (χ0v) is 22.2. The highest BCUT2D eigenvalue weighted by Gasteiger charge is 2.45. The molecular weight excluding hydrogens is 468 g/mol. The number of hydrogen-bond acceptors (Lipinski definition) is 5. The number of nitrogens with zero attached hydrogens (tertiary/aromatic N) is 4. The fourth-order valence-electron chi connectivity index (χ4n) is 7.16. The summed E-state index contributed by atoms with van der Waals surface area (Å²) in [7, 11) is -3.25. The second kappa shape index (κ2) is 10.4. The topological polar surface area (TPSA) is 47.1 Å². The third-order valence-corrected chi connectivity index (χ3v) is 11.0. The molecule has 6 nitrogen and oxygen atoms in total. The van der Waals surface area contributed by atoms with Crippen LogP contribution in [-0.2, 0) is 16.4 Å². The molecule has 0 bridgehead atoms. The molecule has 2 aromatic rings. The van der Waals surface area contributed by atoms with Gasteiger partial charge in [-0.05, 0) is 67.8 Å². The lowest BCUT2D eigenvalue weighted by atomic mass is 9.77. The Balaban J connectivity index is 1.05. The van der Waals surface area contributed by atoms with Gasteiger partial charge in [-0.15, -0.1) is 0 Å². The van der Waals surface area contributed by atoms with Gasteiger partial charge in [-0.3, -0.25) is 9.80 Å². The maximum Gasteiger partial charge on any atom is 0.214 e. The number of benzene rings is 2. The Labute approximate surface area is 216 Å². The van der Waals surface area contributed by atoms with Crippen molar-refractivity contribution in [2.24, 2.45) is 5.92 Å². The van der Waals surface area contributed by atoms with E-state index in [0.717, 1.165) is 77.9 Å². The number of piperidine rings is 2. The molecule has 4 heterocycles. The minimum Gasteiger partial charge on any atom is -0.369 e. The predicted molar refractivity (Wildman–Crippen MR) is 146 cm³/mol. The Morgan fingerprint density at radius 2 is 1.64 bits per heavy atom. The van der Waals surface area contributed by atoms with E-state index in [4.69, 9.17) is 0 Å². The Morgan fingerprint density at radius 3 is 2.47 bits per heavy atom. The van der Waals surface area contributed by atoms with Crippen LogP contribution >= 0.6 is 0 Å². The van der Waals surface area contributed by atoms with E-state index in [-0.39, 0.29) is 11.8 Å². The van der Waals surface area contributed by atoms with Gasteiger partial charge in [0.25, 0.3) is 0 Å². The summed E-state index contributed by atoms with van der Waals surface area (Å²) in [4.78, 5) is 7.50. The molecule has 3 saturated heterocycles. The van der Waals surface area contributed by atoms with E-state index in [9.17, 15) is 8.42 Å². The fraction of sp³-hybridized carbons (Fsp3) is 0.586.